The second kappa shape index (κ2) is 14.8. The number of benzene rings is 14. The highest BCUT2D eigenvalue weighted by atomic mass is 31.2. The molecule has 0 aliphatic carbocycles. The Morgan fingerprint density at radius 3 is 1.04 bits per heavy atom. The third-order valence-electron chi connectivity index (χ3n) is 15.5. The number of hydrogen-bond acceptors (Lipinski definition) is 3. The summed E-state index contributed by atoms with van der Waals surface area (Å²) >= 11 is 0. The van der Waals surface area contributed by atoms with Gasteiger partial charge in [-0.05, 0) is 145 Å². The van der Waals surface area contributed by atoms with E-state index >= 15 is 4.57 Å². The predicted octanol–water partition coefficient (Wildman–Crippen LogP) is 18.9. The molecule has 0 aromatic heterocycles. The summed E-state index contributed by atoms with van der Waals surface area (Å²) in [4.78, 5) is 0. The number of rotatable bonds is 3. The molecule has 4 heteroatoms. The number of fused-ring (bicyclic) bond motifs is 16. The summed E-state index contributed by atoms with van der Waals surface area (Å²) in [7, 11) is -4.23. The minimum absolute atomic E-state index is 0.508. The predicted molar refractivity (Wildman–Crippen MR) is 302 cm³/mol. The van der Waals surface area contributed by atoms with Gasteiger partial charge >= 0.3 is 7.60 Å². The lowest BCUT2D eigenvalue weighted by molar-refractivity contribution is 0.406. The van der Waals surface area contributed by atoms with Crippen molar-refractivity contribution in [2.45, 2.75) is 0 Å². The van der Waals surface area contributed by atoms with Crippen molar-refractivity contribution in [2.75, 3.05) is 0 Å². The van der Waals surface area contributed by atoms with Gasteiger partial charge in [0.05, 0.1) is 5.30 Å². The van der Waals surface area contributed by atoms with E-state index in [1.54, 1.807) is 0 Å². The van der Waals surface area contributed by atoms with E-state index in [9.17, 15) is 0 Å². The van der Waals surface area contributed by atoms with Gasteiger partial charge in [-0.3, -0.25) is 0 Å². The normalized spacial score (nSPS) is 14.7. The van der Waals surface area contributed by atoms with Crippen LogP contribution in [0.2, 0.25) is 0 Å². The fourth-order valence-corrected chi connectivity index (χ4v) is 14.1. The molecule has 1 atom stereocenters. The molecule has 0 saturated heterocycles. The van der Waals surface area contributed by atoms with E-state index in [4.69, 9.17) is 9.05 Å². The van der Waals surface area contributed by atoms with Crippen molar-refractivity contribution < 1.29 is 13.6 Å². The summed E-state index contributed by atoms with van der Waals surface area (Å²) in [6.45, 7) is 0. The van der Waals surface area contributed by atoms with E-state index < -0.39 is 7.60 Å². The van der Waals surface area contributed by atoms with Gasteiger partial charge in [-0.2, -0.15) is 0 Å². The summed E-state index contributed by atoms with van der Waals surface area (Å²) in [5.74, 6) is 1.11. The first-order valence-electron chi connectivity index (χ1n) is 24.6. The second-order valence-electron chi connectivity index (χ2n) is 19.4. The van der Waals surface area contributed by atoms with E-state index in [-0.39, 0.29) is 0 Å². The molecular weight excluding hydrogens is 896 g/mol. The van der Waals surface area contributed by atoms with Crippen LogP contribution in [0.5, 0.6) is 11.5 Å². The van der Waals surface area contributed by atoms with E-state index in [0.717, 1.165) is 115 Å². The quantitative estimate of drug-likeness (QED) is 0.131. The summed E-state index contributed by atoms with van der Waals surface area (Å²) in [5, 5.41) is 18.1. The molecule has 14 aromatic rings. The summed E-state index contributed by atoms with van der Waals surface area (Å²) in [6, 6.07) is 84.6. The smallest absolute Gasteiger partial charge is 0.411 e. The topological polar surface area (TPSA) is 35.5 Å². The van der Waals surface area contributed by atoms with E-state index in [1.807, 2.05) is 6.07 Å². The molecule has 2 aliphatic heterocycles. The molecule has 334 valence electrons. The van der Waals surface area contributed by atoms with Crippen LogP contribution >= 0.6 is 7.60 Å². The highest BCUT2D eigenvalue weighted by molar-refractivity contribution is 7.63. The Labute approximate surface area is 414 Å². The fraction of sp³-hybridized carbons (Fsp3) is 0. The minimum atomic E-state index is -4.23. The van der Waals surface area contributed by atoms with Crippen LogP contribution in [0.3, 0.4) is 0 Å². The zero-order valence-corrected chi connectivity index (χ0v) is 39.6. The molecule has 16 rings (SSSR count). The number of hydrogen-bond donors (Lipinski definition) is 0. The van der Waals surface area contributed by atoms with Gasteiger partial charge in [0.2, 0.25) is 0 Å². The maximum Gasteiger partial charge on any atom is 0.462 e. The molecule has 3 nitrogen and oxygen atoms in total. The van der Waals surface area contributed by atoms with Crippen LogP contribution in [0.4, 0.5) is 0 Å². The molecule has 14 aromatic carbocycles. The Bertz CT molecular complexity index is 4740. The van der Waals surface area contributed by atoms with Crippen molar-refractivity contribution in [3.05, 3.63) is 237 Å². The summed E-state index contributed by atoms with van der Waals surface area (Å²) in [5.41, 5.74) is 10.1. The Kier molecular flexibility index (Phi) is 8.16. The molecule has 0 N–H and O–H groups in total. The highest BCUT2D eigenvalue weighted by Gasteiger charge is 2.42. The monoisotopic (exact) mass is 934 g/mol. The molecule has 4 bridgehead atoms. The van der Waals surface area contributed by atoms with Crippen LogP contribution in [0, 0.1) is 0 Å². The molecule has 0 fully saturated rings. The molecule has 1 unspecified atom stereocenters. The van der Waals surface area contributed by atoms with E-state index in [0.29, 0.717) is 16.8 Å². The lowest BCUT2D eigenvalue weighted by atomic mass is 9.81. The first-order chi connectivity index (χ1) is 35.6. The Hall–Kier alpha value is -9.01. The van der Waals surface area contributed by atoms with Crippen LogP contribution in [0.25, 0.3) is 142 Å². The SMILES string of the molecule is O=P12Oc3c(-c4c5ccccc5c(-c5ccc6ccccc6c5)c5ccccc45)cc4ccccc4c3-c3c(c(cc4ccccc34)-c3c4ccccc4c(-c4ccc5ccccc5c4)c4ccc1cc34)O2. The lowest BCUT2D eigenvalue weighted by Gasteiger charge is -2.26. The van der Waals surface area contributed by atoms with E-state index in [1.165, 1.54) is 27.1 Å². The molecule has 0 amide bonds. The zero-order valence-electron chi connectivity index (χ0n) is 38.7. The van der Waals surface area contributed by atoms with Gasteiger partial charge in [0.25, 0.3) is 0 Å². The van der Waals surface area contributed by atoms with Gasteiger partial charge in [-0.15, -0.1) is 0 Å². The molecule has 0 spiro atoms. The Morgan fingerprint density at radius 1 is 0.250 bits per heavy atom. The van der Waals surface area contributed by atoms with Crippen LogP contribution in [-0.2, 0) is 4.57 Å². The average molecular weight is 935 g/mol. The minimum Gasteiger partial charge on any atom is -0.411 e. The second-order valence-corrected chi connectivity index (χ2v) is 21.2. The largest absolute Gasteiger partial charge is 0.462 e. The molecule has 2 aliphatic rings. The standard InChI is InChI=1S/C68H39O3P/c69-72-48-33-34-57-58(39-48)64(56-28-14-11-25-53(56)62(57)47-32-30-41-16-2-4-18-43(41)36-47)60-38-45-20-6-8-22-50(45)66(68(60)71-72)65-49-21-7-5-19-44(49)37-59(67(65)70-72)63-54-26-12-9-23-51(54)61(52-24-10-13-27-55(52)63)46-31-29-40-15-1-3-17-42(40)35-46/h1-39H. The third kappa shape index (κ3) is 5.54. The summed E-state index contributed by atoms with van der Waals surface area (Å²) in [6.07, 6.45) is 0. The Balaban J connectivity index is 1.06. The van der Waals surface area contributed by atoms with Gasteiger partial charge in [0.15, 0.2) is 0 Å². The molecule has 2 heterocycles. The lowest BCUT2D eigenvalue weighted by Crippen LogP contribution is -2.16. The fourth-order valence-electron chi connectivity index (χ4n) is 12.4. The Morgan fingerprint density at radius 2 is 0.597 bits per heavy atom. The maximum atomic E-state index is 16.7. The third-order valence-corrected chi connectivity index (χ3v) is 17.3. The highest BCUT2D eigenvalue weighted by Crippen LogP contribution is 2.65. The van der Waals surface area contributed by atoms with Crippen molar-refractivity contribution in [1.29, 1.82) is 0 Å². The van der Waals surface area contributed by atoms with Crippen LogP contribution < -0.4 is 14.4 Å². The van der Waals surface area contributed by atoms with Crippen LogP contribution in [0.1, 0.15) is 0 Å². The van der Waals surface area contributed by atoms with E-state index in [2.05, 4.69) is 231 Å². The van der Waals surface area contributed by atoms with Crippen LogP contribution in [-0.4, -0.2) is 0 Å². The maximum absolute atomic E-state index is 16.7. The van der Waals surface area contributed by atoms with Crippen molar-refractivity contribution in [1.82, 2.24) is 0 Å². The van der Waals surface area contributed by atoms with Gasteiger partial charge in [-0.1, -0.05) is 200 Å². The molecule has 0 saturated carbocycles. The summed E-state index contributed by atoms with van der Waals surface area (Å²) < 4.78 is 31.5. The van der Waals surface area contributed by atoms with Gasteiger partial charge < -0.3 is 9.05 Å². The van der Waals surface area contributed by atoms with Gasteiger partial charge in [-0.25, -0.2) is 4.57 Å². The zero-order chi connectivity index (χ0) is 47.2. The molecule has 72 heavy (non-hydrogen) atoms. The molecular formula is C68H39O3P. The molecule has 0 radical (unpaired) electrons. The average Bonchev–Trinajstić information content (AvgIpc) is 3.58. The van der Waals surface area contributed by atoms with Crippen molar-refractivity contribution in [3.63, 3.8) is 0 Å². The first-order valence-corrected chi connectivity index (χ1v) is 26.1. The van der Waals surface area contributed by atoms with Gasteiger partial charge in [0.1, 0.15) is 11.5 Å². The first kappa shape index (κ1) is 39.8. The van der Waals surface area contributed by atoms with Gasteiger partial charge in [0, 0.05) is 33.4 Å². The van der Waals surface area contributed by atoms with Crippen molar-refractivity contribution in [3.8, 4) is 67.1 Å². The van der Waals surface area contributed by atoms with Crippen molar-refractivity contribution >= 4 is 99.1 Å². The van der Waals surface area contributed by atoms with Crippen molar-refractivity contribution in [2.24, 2.45) is 0 Å². The van der Waals surface area contributed by atoms with Crippen LogP contribution in [0.15, 0.2) is 237 Å².